The van der Waals surface area contributed by atoms with Gasteiger partial charge in [-0.25, -0.2) is 9.97 Å². The zero-order chi connectivity index (χ0) is 15.9. The maximum absolute atomic E-state index is 5.39. The molecule has 1 aliphatic rings. The SMILES string of the molecule is COC1CCC(Nc2ncc(C#Cc3ccccc3)cn2)CC1. The van der Waals surface area contributed by atoms with E-state index >= 15 is 0 Å². The Hall–Kier alpha value is -2.38. The van der Waals surface area contributed by atoms with E-state index in [2.05, 4.69) is 27.1 Å². The van der Waals surface area contributed by atoms with Gasteiger partial charge in [-0.05, 0) is 37.8 Å². The van der Waals surface area contributed by atoms with Crippen LogP contribution in [-0.4, -0.2) is 29.2 Å². The van der Waals surface area contributed by atoms with Crippen LogP contribution >= 0.6 is 0 Å². The lowest BCUT2D eigenvalue weighted by Crippen LogP contribution is -2.29. The largest absolute Gasteiger partial charge is 0.381 e. The van der Waals surface area contributed by atoms with E-state index < -0.39 is 0 Å². The van der Waals surface area contributed by atoms with E-state index in [1.807, 2.05) is 30.3 Å². The van der Waals surface area contributed by atoms with Gasteiger partial charge in [-0.15, -0.1) is 0 Å². The van der Waals surface area contributed by atoms with Gasteiger partial charge in [-0.1, -0.05) is 30.0 Å². The second-order valence-corrected chi connectivity index (χ2v) is 5.77. The minimum Gasteiger partial charge on any atom is -0.381 e. The fourth-order valence-corrected chi connectivity index (χ4v) is 2.76. The summed E-state index contributed by atoms with van der Waals surface area (Å²) in [4.78, 5) is 8.74. The number of methoxy groups -OCH3 is 1. The smallest absolute Gasteiger partial charge is 0.222 e. The highest BCUT2D eigenvalue weighted by molar-refractivity contribution is 5.42. The van der Waals surface area contributed by atoms with Crippen molar-refractivity contribution in [3.63, 3.8) is 0 Å². The number of anilines is 1. The van der Waals surface area contributed by atoms with Gasteiger partial charge in [0.25, 0.3) is 0 Å². The number of hydrogen-bond donors (Lipinski definition) is 1. The zero-order valence-corrected chi connectivity index (χ0v) is 13.3. The van der Waals surface area contributed by atoms with Crippen LogP contribution < -0.4 is 5.32 Å². The van der Waals surface area contributed by atoms with Crippen molar-refractivity contribution in [2.45, 2.75) is 37.8 Å². The summed E-state index contributed by atoms with van der Waals surface area (Å²) in [6, 6.07) is 10.3. The third-order valence-corrected chi connectivity index (χ3v) is 4.12. The standard InChI is InChI=1S/C19H21N3O/c1-23-18-11-9-17(10-12-18)22-19-20-13-16(14-21-19)8-7-15-5-3-2-4-6-15/h2-6,13-14,17-18H,9-12H2,1H3,(H,20,21,22). The molecule has 1 aliphatic carbocycles. The molecule has 1 saturated carbocycles. The number of hydrogen-bond acceptors (Lipinski definition) is 4. The molecule has 1 N–H and O–H groups in total. The highest BCUT2D eigenvalue weighted by Crippen LogP contribution is 2.22. The summed E-state index contributed by atoms with van der Waals surface area (Å²) in [6.07, 6.45) is 8.32. The van der Waals surface area contributed by atoms with E-state index in [1.165, 1.54) is 0 Å². The van der Waals surface area contributed by atoms with E-state index in [9.17, 15) is 0 Å². The van der Waals surface area contributed by atoms with Gasteiger partial charge in [-0.3, -0.25) is 0 Å². The van der Waals surface area contributed by atoms with E-state index in [0.29, 0.717) is 18.1 Å². The van der Waals surface area contributed by atoms with E-state index in [-0.39, 0.29) is 0 Å². The average molecular weight is 307 g/mol. The first-order valence-electron chi connectivity index (χ1n) is 8.02. The minimum absolute atomic E-state index is 0.407. The number of benzene rings is 1. The van der Waals surface area contributed by atoms with Gasteiger partial charge in [-0.2, -0.15) is 0 Å². The Balaban J connectivity index is 1.57. The van der Waals surface area contributed by atoms with Crippen molar-refractivity contribution in [2.24, 2.45) is 0 Å². The Kier molecular flexibility index (Phi) is 5.23. The quantitative estimate of drug-likeness (QED) is 0.884. The lowest BCUT2D eigenvalue weighted by atomic mass is 9.93. The first-order chi connectivity index (χ1) is 11.3. The summed E-state index contributed by atoms with van der Waals surface area (Å²) in [5, 5.41) is 3.40. The predicted octanol–water partition coefficient (Wildman–Crippen LogP) is 3.25. The van der Waals surface area contributed by atoms with Crippen LogP contribution in [0.4, 0.5) is 5.95 Å². The first kappa shape index (κ1) is 15.5. The van der Waals surface area contributed by atoms with Gasteiger partial charge in [0.2, 0.25) is 5.95 Å². The maximum Gasteiger partial charge on any atom is 0.222 e. The third-order valence-electron chi connectivity index (χ3n) is 4.12. The van der Waals surface area contributed by atoms with Crippen LogP contribution in [-0.2, 0) is 4.74 Å². The predicted molar refractivity (Wildman–Crippen MR) is 91.1 cm³/mol. The van der Waals surface area contributed by atoms with Crippen LogP contribution in [0.1, 0.15) is 36.8 Å². The highest BCUT2D eigenvalue weighted by atomic mass is 16.5. The molecule has 1 aromatic carbocycles. The van der Waals surface area contributed by atoms with E-state index in [0.717, 1.165) is 36.8 Å². The molecule has 118 valence electrons. The summed E-state index contributed by atoms with van der Waals surface area (Å²) in [5.41, 5.74) is 1.81. The number of aromatic nitrogens is 2. The molecule has 0 aliphatic heterocycles. The number of rotatable bonds is 3. The number of nitrogens with one attached hydrogen (secondary N) is 1. The van der Waals surface area contributed by atoms with E-state index in [1.54, 1.807) is 19.5 Å². The van der Waals surface area contributed by atoms with Crippen molar-refractivity contribution in [1.29, 1.82) is 0 Å². The molecule has 0 bridgehead atoms. The number of ether oxygens (including phenoxy) is 1. The fourth-order valence-electron chi connectivity index (χ4n) is 2.76. The molecule has 4 nitrogen and oxygen atoms in total. The first-order valence-corrected chi connectivity index (χ1v) is 8.02. The van der Waals surface area contributed by atoms with Crippen molar-refractivity contribution in [1.82, 2.24) is 9.97 Å². The van der Waals surface area contributed by atoms with Gasteiger partial charge >= 0.3 is 0 Å². The average Bonchev–Trinajstić information content (AvgIpc) is 2.63. The second kappa shape index (κ2) is 7.75. The van der Waals surface area contributed by atoms with Crippen LogP contribution in [0.25, 0.3) is 0 Å². The van der Waals surface area contributed by atoms with Crippen molar-refractivity contribution < 1.29 is 4.74 Å². The zero-order valence-electron chi connectivity index (χ0n) is 13.3. The molecule has 1 aromatic heterocycles. The lowest BCUT2D eigenvalue weighted by molar-refractivity contribution is 0.0681. The summed E-state index contributed by atoms with van der Waals surface area (Å²) >= 11 is 0. The third kappa shape index (κ3) is 4.54. The molecule has 4 heteroatoms. The van der Waals surface area contributed by atoms with Crippen molar-refractivity contribution in [2.75, 3.05) is 12.4 Å². The molecule has 0 atom stereocenters. The van der Waals surface area contributed by atoms with Crippen LogP contribution in [0, 0.1) is 11.8 Å². The van der Waals surface area contributed by atoms with Crippen molar-refractivity contribution in [3.05, 3.63) is 53.9 Å². The summed E-state index contributed by atoms with van der Waals surface area (Å²) in [5.74, 6) is 6.87. The van der Waals surface area contributed by atoms with Gasteiger partial charge in [0.1, 0.15) is 0 Å². The Morgan fingerprint density at radius 2 is 1.61 bits per heavy atom. The molecular formula is C19H21N3O. The van der Waals surface area contributed by atoms with Gasteiger partial charge in [0, 0.05) is 31.1 Å². The van der Waals surface area contributed by atoms with Crippen molar-refractivity contribution >= 4 is 5.95 Å². The molecule has 1 heterocycles. The lowest BCUT2D eigenvalue weighted by Gasteiger charge is -2.28. The Morgan fingerprint density at radius 1 is 0.957 bits per heavy atom. The molecule has 1 fully saturated rings. The summed E-state index contributed by atoms with van der Waals surface area (Å²) in [6.45, 7) is 0. The van der Waals surface area contributed by atoms with Gasteiger partial charge in [0.05, 0.1) is 11.7 Å². The van der Waals surface area contributed by atoms with Crippen LogP contribution in [0.2, 0.25) is 0 Å². The summed E-state index contributed by atoms with van der Waals surface area (Å²) in [7, 11) is 1.79. The van der Waals surface area contributed by atoms with Crippen LogP contribution in [0.3, 0.4) is 0 Å². The normalized spacial score (nSPS) is 20.4. The fraction of sp³-hybridized carbons (Fsp3) is 0.368. The maximum atomic E-state index is 5.39. The molecule has 23 heavy (non-hydrogen) atoms. The van der Waals surface area contributed by atoms with Crippen LogP contribution in [0.15, 0.2) is 42.7 Å². The Morgan fingerprint density at radius 3 is 2.26 bits per heavy atom. The molecule has 2 aromatic rings. The molecule has 0 amide bonds. The second-order valence-electron chi connectivity index (χ2n) is 5.77. The number of nitrogens with zero attached hydrogens (tertiary/aromatic N) is 2. The topological polar surface area (TPSA) is 47.0 Å². The Labute approximate surface area is 137 Å². The molecule has 3 rings (SSSR count). The summed E-state index contributed by atoms with van der Waals surface area (Å²) < 4.78 is 5.39. The monoisotopic (exact) mass is 307 g/mol. The van der Waals surface area contributed by atoms with E-state index in [4.69, 9.17) is 4.74 Å². The Bertz CT molecular complexity index is 665. The minimum atomic E-state index is 0.407. The molecule has 0 saturated heterocycles. The molecule has 0 spiro atoms. The van der Waals surface area contributed by atoms with Crippen LogP contribution in [0.5, 0.6) is 0 Å². The molecular weight excluding hydrogens is 286 g/mol. The van der Waals surface area contributed by atoms with Gasteiger partial charge in [0.15, 0.2) is 0 Å². The highest BCUT2D eigenvalue weighted by Gasteiger charge is 2.20. The molecule has 0 unspecified atom stereocenters. The van der Waals surface area contributed by atoms with Gasteiger partial charge < -0.3 is 10.1 Å². The van der Waals surface area contributed by atoms with Crippen molar-refractivity contribution in [3.8, 4) is 11.8 Å². The molecule has 0 radical (unpaired) electrons.